The predicted octanol–water partition coefficient (Wildman–Crippen LogP) is 4.40. The third-order valence-corrected chi connectivity index (χ3v) is 3.58. The molecule has 0 heterocycles. The first-order valence-corrected chi connectivity index (χ1v) is 7.75. The van der Waals surface area contributed by atoms with Crippen LogP contribution in [0, 0.1) is 0 Å². The number of Topliss-reactive ketones (excluding diaryl/α,β-unsaturated/α-hetero) is 1. The van der Waals surface area contributed by atoms with Crippen LogP contribution in [0.3, 0.4) is 0 Å². The van der Waals surface area contributed by atoms with Crippen LogP contribution in [0.25, 0.3) is 0 Å². The smallest absolute Gasteiger partial charge is 0.407 e. The SMILES string of the molecule is CCOC(=O)NC(CC(=O)c1ccccc1)c1ccc(Cl)cc1. The van der Waals surface area contributed by atoms with Crippen LogP contribution < -0.4 is 5.32 Å². The molecule has 0 aliphatic heterocycles. The number of halogens is 1. The van der Waals surface area contributed by atoms with Crippen LogP contribution in [0.5, 0.6) is 0 Å². The maximum absolute atomic E-state index is 12.4. The van der Waals surface area contributed by atoms with E-state index in [1.54, 1.807) is 43.3 Å². The largest absolute Gasteiger partial charge is 0.450 e. The van der Waals surface area contributed by atoms with E-state index in [1.807, 2.05) is 18.2 Å². The second-order valence-electron chi connectivity index (χ2n) is 4.96. The molecule has 0 saturated carbocycles. The van der Waals surface area contributed by atoms with Gasteiger partial charge in [0.2, 0.25) is 0 Å². The Bertz CT molecular complexity index is 656. The van der Waals surface area contributed by atoms with Gasteiger partial charge in [-0.1, -0.05) is 54.1 Å². The van der Waals surface area contributed by atoms with Gasteiger partial charge in [0.15, 0.2) is 5.78 Å². The average Bonchev–Trinajstić information content (AvgIpc) is 2.56. The zero-order valence-corrected chi connectivity index (χ0v) is 13.5. The molecule has 0 radical (unpaired) electrons. The minimum Gasteiger partial charge on any atom is -0.450 e. The molecule has 2 aromatic carbocycles. The monoisotopic (exact) mass is 331 g/mol. The molecule has 0 spiro atoms. The van der Waals surface area contributed by atoms with Crippen molar-refractivity contribution in [3.05, 3.63) is 70.7 Å². The molecule has 0 saturated heterocycles. The summed E-state index contributed by atoms with van der Waals surface area (Å²) in [6.07, 6.45) is -0.405. The van der Waals surface area contributed by atoms with Gasteiger partial charge in [0.25, 0.3) is 0 Å². The van der Waals surface area contributed by atoms with E-state index >= 15 is 0 Å². The highest BCUT2D eigenvalue weighted by molar-refractivity contribution is 6.30. The highest BCUT2D eigenvalue weighted by Gasteiger charge is 2.20. The topological polar surface area (TPSA) is 55.4 Å². The fraction of sp³-hybridized carbons (Fsp3) is 0.222. The van der Waals surface area contributed by atoms with Crippen molar-refractivity contribution in [2.24, 2.45) is 0 Å². The summed E-state index contributed by atoms with van der Waals surface area (Å²) in [6, 6.07) is 15.5. The van der Waals surface area contributed by atoms with E-state index in [0.717, 1.165) is 5.56 Å². The molecule has 0 aromatic heterocycles. The molecule has 5 heteroatoms. The van der Waals surface area contributed by atoms with Gasteiger partial charge in [-0.2, -0.15) is 0 Å². The summed E-state index contributed by atoms with van der Waals surface area (Å²) in [4.78, 5) is 24.2. The number of nitrogens with one attached hydrogen (secondary N) is 1. The third kappa shape index (κ3) is 5.11. The van der Waals surface area contributed by atoms with Crippen LogP contribution in [0.2, 0.25) is 5.02 Å². The van der Waals surface area contributed by atoms with Gasteiger partial charge in [0.05, 0.1) is 12.6 Å². The van der Waals surface area contributed by atoms with Crippen molar-refractivity contribution in [3.8, 4) is 0 Å². The second kappa shape index (κ2) is 8.34. The van der Waals surface area contributed by atoms with Crippen molar-refractivity contribution in [1.29, 1.82) is 0 Å². The Labute approximate surface area is 140 Å². The lowest BCUT2D eigenvalue weighted by Gasteiger charge is -2.18. The molecular formula is C18H18ClNO3. The Balaban J connectivity index is 2.17. The van der Waals surface area contributed by atoms with Crippen molar-refractivity contribution in [3.63, 3.8) is 0 Å². The molecule has 1 unspecified atom stereocenters. The van der Waals surface area contributed by atoms with E-state index in [1.165, 1.54) is 0 Å². The van der Waals surface area contributed by atoms with Crippen LogP contribution in [0.1, 0.15) is 35.3 Å². The molecule has 120 valence electrons. The maximum Gasteiger partial charge on any atom is 0.407 e. The zero-order valence-electron chi connectivity index (χ0n) is 12.8. The summed E-state index contributed by atoms with van der Waals surface area (Å²) < 4.78 is 4.92. The number of alkyl carbamates (subject to hydrolysis) is 1. The van der Waals surface area contributed by atoms with Gasteiger partial charge in [-0.25, -0.2) is 4.79 Å². The van der Waals surface area contributed by atoms with Gasteiger partial charge in [-0.15, -0.1) is 0 Å². The number of rotatable bonds is 6. The van der Waals surface area contributed by atoms with Crippen LogP contribution >= 0.6 is 11.6 Å². The van der Waals surface area contributed by atoms with Gasteiger partial charge in [-0.05, 0) is 24.6 Å². The second-order valence-corrected chi connectivity index (χ2v) is 5.40. The highest BCUT2D eigenvalue weighted by Crippen LogP contribution is 2.21. The number of hydrogen-bond donors (Lipinski definition) is 1. The fourth-order valence-electron chi connectivity index (χ4n) is 2.19. The Kier molecular flexibility index (Phi) is 6.18. The van der Waals surface area contributed by atoms with Crippen LogP contribution in [-0.2, 0) is 4.74 Å². The molecule has 1 amide bonds. The van der Waals surface area contributed by atoms with E-state index in [4.69, 9.17) is 16.3 Å². The van der Waals surface area contributed by atoms with E-state index in [0.29, 0.717) is 10.6 Å². The van der Waals surface area contributed by atoms with Gasteiger partial charge >= 0.3 is 6.09 Å². The van der Waals surface area contributed by atoms with Crippen molar-refractivity contribution >= 4 is 23.5 Å². The molecule has 23 heavy (non-hydrogen) atoms. The normalized spacial score (nSPS) is 11.6. The number of hydrogen-bond acceptors (Lipinski definition) is 3. The number of ether oxygens (including phenoxy) is 1. The summed E-state index contributed by atoms with van der Waals surface area (Å²) >= 11 is 5.89. The first-order valence-electron chi connectivity index (χ1n) is 7.37. The van der Waals surface area contributed by atoms with Crippen molar-refractivity contribution in [2.75, 3.05) is 6.61 Å². The first kappa shape index (κ1) is 17.0. The van der Waals surface area contributed by atoms with Gasteiger partial charge in [0, 0.05) is 17.0 Å². The summed E-state index contributed by atoms with van der Waals surface area (Å²) in [5.41, 5.74) is 1.41. The van der Waals surface area contributed by atoms with E-state index < -0.39 is 12.1 Å². The summed E-state index contributed by atoms with van der Waals surface area (Å²) in [7, 11) is 0. The third-order valence-electron chi connectivity index (χ3n) is 3.33. The first-order chi connectivity index (χ1) is 11.1. The lowest BCUT2D eigenvalue weighted by Crippen LogP contribution is -2.30. The molecular weight excluding hydrogens is 314 g/mol. The highest BCUT2D eigenvalue weighted by atomic mass is 35.5. The van der Waals surface area contributed by atoms with Gasteiger partial charge in [0.1, 0.15) is 0 Å². The number of amides is 1. The molecule has 0 aliphatic rings. The molecule has 2 rings (SSSR count). The summed E-state index contributed by atoms with van der Waals surface area (Å²) in [5.74, 6) is -0.0534. The molecule has 1 atom stereocenters. The van der Waals surface area contributed by atoms with Crippen molar-refractivity contribution in [2.45, 2.75) is 19.4 Å². The number of ketones is 1. The fourth-order valence-corrected chi connectivity index (χ4v) is 2.32. The lowest BCUT2D eigenvalue weighted by molar-refractivity contribution is 0.0965. The molecule has 4 nitrogen and oxygen atoms in total. The van der Waals surface area contributed by atoms with Crippen molar-refractivity contribution in [1.82, 2.24) is 5.32 Å². The maximum atomic E-state index is 12.4. The Hall–Kier alpha value is -2.33. The summed E-state index contributed by atoms with van der Waals surface area (Å²) in [5, 5.41) is 3.32. The number of benzene rings is 2. The van der Waals surface area contributed by atoms with E-state index in [9.17, 15) is 9.59 Å². The van der Waals surface area contributed by atoms with Crippen molar-refractivity contribution < 1.29 is 14.3 Å². The van der Waals surface area contributed by atoms with Gasteiger partial charge in [-0.3, -0.25) is 4.79 Å². The molecule has 1 N–H and O–H groups in total. The average molecular weight is 332 g/mol. The molecule has 0 aliphatic carbocycles. The minimum atomic E-state index is -0.548. The molecule has 0 bridgehead atoms. The summed E-state index contributed by atoms with van der Waals surface area (Å²) in [6.45, 7) is 2.00. The zero-order chi connectivity index (χ0) is 16.7. The number of carbonyl (C=O) groups excluding carboxylic acids is 2. The predicted molar refractivity (Wildman–Crippen MR) is 89.7 cm³/mol. The van der Waals surface area contributed by atoms with Crippen LogP contribution in [0.15, 0.2) is 54.6 Å². The Morgan fingerprint density at radius 1 is 1.09 bits per heavy atom. The van der Waals surface area contributed by atoms with E-state index in [2.05, 4.69) is 5.32 Å². The molecule has 0 fully saturated rings. The van der Waals surface area contributed by atoms with Gasteiger partial charge < -0.3 is 10.1 Å². The van der Waals surface area contributed by atoms with Crippen LogP contribution in [0.4, 0.5) is 4.79 Å². The standard InChI is InChI=1S/C18H18ClNO3/c1-2-23-18(22)20-16(13-8-10-15(19)11-9-13)12-17(21)14-6-4-3-5-7-14/h3-11,16H,2,12H2,1H3,(H,20,22). The van der Waals surface area contributed by atoms with Crippen LogP contribution in [-0.4, -0.2) is 18.5 Å². The number of carbonyl (C=O) groups is 2. The quantitative estimate of drug-likeness (QED) is 0.798. The minimum absolute atomic E-state index is 0.0534. The Morgan fingerprint density at radius 2 is 1.74 bits per heavy atom. The molecule has 2 aromatic rings. The lowest BCUT2D eigenvalue weighted by atomic mass is 9.98. The Morgan fingerprint density at radius 3 is 2.35 bits per heavy atom. The van der Waals surface area contributed by atoms with E-state index in [-0.39, 0.29) is 18.8 Å².